The smallest absolute Gasteiger partial charge is 0.203 e. The van der Waals surface area contributed by atoms with Crippen LogP contribution in [0.15, 0.2) is 89.3 Å². The van der Waals surface area contributed by atoms with E-state index >= 15 is 0 Å². The number of aromatic nitrogens is 1. The van der Waals surface area contributed by atoms with Crippen LogP contribution in [-0.4, -0.2) is 11.2 Å². The Morgan fingerprint density at radius 3 is 2.26 bits per heavy atom. The Labute approximate surface area is 167 Å². The zero-order valence-electron chi connectivity index (χ0n) is 14.3. The maximum Gasteiger partial charge on any atom is 0.203 e. The van der Waals surface area contributed by atoms with E-state index in [0.29, 0.717) is 5.02 Å². The maximum atomic E-state index is 6.41. The molecule has 0 amide bonds. The van der Waals surface area contributed by atoms with E-state index in [0.717, 1.165) is 33.1 Å². The molecule has 4 aromatic rings. The van der Waals surface area contributed by atoms with Gasteiger partial charge in [0, 0.05) is 16.5 Å². The summed E-state index contributed by atoms with van der Waals surface area (Å²) in [7, 11) is 0. The number of nitrogens with one attached hydrogen (secondary N) is 1. The highest BCUT2D eigenvalue weighted by Crippen LogP contribution is 2.26. The van der Waals surface area contributed by atoms with Gasteiger partial charge in [-0.2, -0.15) is 5.10 Å². The van der Waals surface area contributed by atoms with Crippen LogP contribution in [0, 0.1) is 0 Å². The lowest BCUT2D eigenvalue weighted by Gasteiger charge is -2.04. The Morgan fingerprint density at radius 1 is 0.852 bits per heavy atom. The van der Waals surface area contributed by atoms with Crippen molar-refractivity contribution in [3.05, 3.63) is 94.8 Å². The number of nitrogens with zero attached hydrogens (tertiary/aromatic N) is 2. The van der Waals surface area contributed by atoms with Gasteiger partial charge < -0.3 is 0 Å². The Bertz CT molecular complexity index is 1060. The van der Waals surface area contributed by atoms with Gasteiger partial charge in [-0.05, 0) is 17.2 Å². The summed E-state index contributed by atoms with van der Waals surface area (Å²) in [5.74, 6) is 0. The van der Waals surface area contributed by atoms with Crippen LogP contribution in [-0.2, 0) is 0 Å². The molecule has 1 heterocycles. The molecule has 0 spiro atoms. The van der Waals surface area contributed by atoms with E-state index in [9.17, 15) is 0 Å². The van der Waals surface area contributed by atoms with Crippen LogP contribution in [0.3, 0.4) is 0 Å². The molecule has 0 bridgehead atoms. The number of thiazole rings is 1. The minimum atomic E-state index is 0.658. The summed E-state index contributed by atoms with van der Waals surface area (Å²) >= 11 is 7.93. The van der Waals surface area contributed by atoms with Crippen LogP contribution < -0.4 is 5.43 Å². The summed E-state index contributed by atoms with van der Waals surface area (Å²) in [4.78, 5) is 4.55. The van der Waals surface area contributed by atoms with Gasteiger partial charge >= 0.3 is 0 Å². The first-order chi connectivity index (χ1) is 13.3. The third kappa shape index (κ3) is 4.25. The van der Waals surface area contributed by atoms with Crippen LogP contribution in [0.4, 0.5) is 5.13 Å². The normalized spacial score (nSPS) is 11.0. The van der Waals surface area contributed by atoms with E-state index in [-0.39, 0.29) is 0 Å². The van der Waals surface area contributed by atoms with E-state index in [1.165, 1.54) is 11.3 Å². The topological polar surface area (TPSA) is 37.3 Å². The van der Waals surface area contributed by atoms with Crippen molar-refractivity contribution in [3.8, 4) is 22.4 Å². The SMILES string of the molecule is Clc1cc(-c2ccccc2)ccc1C=NNc1nc(-c2ccccc2)cs1. The predicted molar refractivity (Wildman–Crippen MR) is 116 cm³/mol. The number of hydrazone groups is 1. The molecule has 0 saturated heterocycles. The largest absolute Gasteiger partial charge is 0.253 e. The van der Waals surface area contributed by atoms with Gasteiger partial charge in [0.25, 0.3) is 0 Å². The van der Waals surface area contributed by atoms with E-state index in [1.54, 1.807) is 6.21 Å². The molecule has 0 fully saturated rings. The van der Waals surface area contributed by atoms with Crippen molar-refractivity contribution >= 4 is 34.3 Å². The van der Waals surface area contributed by atoms with E-state index < -0.39 is 0 Å². The molecule has 4 rings (SSSR count). The Morgan fingerprint density at radius 2 is 1.56 bits per heavy atom. The number of anilines is 1. The van der Waals surface area contributed by atoms with Crippen molar-refractivity contribution in [2.24, 2.45) is 5.10 Å². The first-order valence-electron chi connectivity index (χ1n) is 8.44. The van der Waals surface area contributed by atoms with Gasteiger partial charge in [-0.3, -0.25) is 5.43 Å². The molecule has 0 unspecified atom stereocenters. The van der Waals surface area contributed by atoms with Gasteiger partial charge in [0.15, 0.2) is 0 Å². The van der Waals surface area contributed by atoms with Gasteiger partial charge in [-0.25, -0.2) is 4.98 Å². The van der Waals surface area contributed by atoms with E-state index in [2.05, 4.69) is 27.6 Å². The van der Waals surface area contributed by atoms with Crippen LogP contribution in [0.25, 0.3) is 22.4 Å². The molecule has 0 aliphatic heterocycles. The fourth-order valence-corrected chi connectivity index (χ4v) is 3.56. The summed E-state index contributed by atoms with van der Waals surface area (Å²) in [5.41, 5.74) is 8.07. The third-order valence-corrected chi connectivity index (χ3v) is 5.12. The van der Waals surface area contributed by atoms with E-state index in [4.69, 9.17) is 11.6 Å². The molecule has 3 nitrogen and oxygen atoms in total. The summed E-state index contributed by atoms with van der Waals surface area (Å²) in [6.45, 7) is 0. The average molecular weight is 390 g/mol. The minimum Gasteiger partial charge on any atom is -0.253 e. The van der Waals surface area contributed by atoms with Gasteiger partial charge in [0.05, 0.1) is 16.9 Å². The molecule has 0 saturated carbocycles. The third-order valence-electron chi connectivity index (χ3n) is 4.05. The lowest BCUT2D eigenvalue weighted by Crippen LogP contribution is -1.91. The van der Waals surface area contributed by atoms with Crippen LogP contribution >= 0.6 is 22.9 Å². The van der Waals surface area contributed by atoms with Crippen LogP contribution in [0.2, 0.25) is 5.02 Å². The van der Waals surface area contributed by atoms with Crippen LogP contribution in [0.5, 0.6) is 0 Å². The van der Waals surface area contributed by atoms with Gasteiger partial charge in [-0.15, -0.1) is 11.3 Å². The predicted octanol–water partition coefficient (Wildman–Crippen LogP) is 6.58. The van der Waals surface area contributed by atoms with E-state index in [1.807, 2.05) is 72.1 Å². The fraction of sp³-hybridized carbons (Fsp3) is 0. The zero-order valence-corrected chi connectivity index (χ0v) is 15.9. The van der Waals surface area contributed by atoms with Gasteiger partial charge in [0.1, 0.15) is 0 Å². The number of hydrogen-bond acceptors (Lipinski definition) is 4. The molecule has 132 valence electrons. The number of hydrogen-bond donors (Lipinski definition) is 1. The Kier molecular flexibility index (Phi) is 5.28. The van der Waals surface area contributed by atoms with Crippen molar-refractivity contribution < 1.29 is 0 Å². The number of benzene rings is 3. The number of rotatable bonds is 5. The molecule has 0 aliphatic rings. The highest BCUT2D eigenvalue weighted by molar-refractivity contribution is 7.14. The molecule has 3 aromatic carbocycles. The summed E-state index contributed by atoms with van der Waals surface area (Å²) in [6, 6.07) is 26.2. The van der Waals surface area contributed by atoms with Crippen molar-refractivity contribution in [2.75, 3.05) is 5.43 Å². The molecule has 1 aromatic heterocycles. The van der Waals surface area contributed by atoms with Gasteiger partial charge in [0.2, 0.25) is 5.13 Å². The first kappa shape index (κ1) is 17.5. The van der Waals surface area contributed by atoms with Crippen LogP contribution in [0.1, 0.15) is 5.56 Å². The fourth-order valence-electron chi connectivity index (χ4n) is 2.67. The lowest BCUT2D eigenvalue weighted by molar-refractivity contribution is 1.29. The lowest BCUT2D eigenvalue weighted by atomic mass is 10.0. The highest BCUT2D eigenvalue weighted by atomic mass is 35.5. The quantitative estimate of drug-likeness (QED) is 0.309. The van der Waals surface area contributed by atoms with Crippen molar-refractivity contribution in [1.82, 2.24) is 4.98 Å². The molecule has 0 radical (unpaired) electrons. The second-order valence-corrected chi connectivity index (χ2v) is 7.14. The second-order valence-electron chi connectivity index (χ2n) is 5.88. The molecule has 5 heteroatoms. The Balaban J connectivity index is 1.45. The zero-order chi connectivity index (χ0) is 18.5. The summed E-state index contributed by atoms with van der Waals surface area (Å²) in [6.07, 6.45) is 1.71. The maximum absolute atomic E-state index is 6.41. The monoisotopic (exact) mass is 389 g/mol. The first-order valence-corrected chi connectivity index (χ1v) is 9.70. The minimum absolute atomic E-state index is 0.658. The highest BCUT2D eigenvalue weighted by Gasteiger charge is 2.04. The van der Waals surface area contributed by atoms with Gasteiger partial charge in [-0.1, -0.05) is 84.4 Å². The Hall–Kier alpha value is -2.95. The second kappa shape index (κ2) is 8.16. The van der Waals surface area contributed by atoms with Crippen molar-refractivity contribution in [2.45, 2.75) is 0 Å². The van der Waals surface area contributed by atoms with Crippen molar-refractivity contribution in [1.29, 1.82) is 0 Å². The molecule has 0 atom stereocenters. The number of halogens is 1. The van der Waals surface area contributed by atoms with Crippen molar-refractivity contribution in [3.63, 3.8) is 0 Å². The average Bonchev–Trinajstić information content (AvgIpc) is 3.19. The molecular formula is C22H16ClN3S. The molecule has 27 heavy (non-hydrogen) atoms. The standard InChI is InChI=1S/C22H16ClN3S/c23-20-13-18(16-7-3-1-4-8-16)11-12-19(20)14-24-26-22-25-21(15-27-22)17-9-5-2-6-10-17/h1-15H,(H,25,26). The molecular weight excluding hydrogens is 374 g/mol. The molecule has 1 N–H and O–H groups in total. The summed E-state index contributed by atoms with van der Waals surface area (Å²) in [5, 5.41) is 7.68. The summed E-state index contributed by atoms with van der Waals surface area (Å²) < 4.78 is 0. The molecule has 0 aliphatic carbocycles.